The van der Waals surface area contributed by atoms with Crippen LogP contribution in [0.25, 0.3) is 6.08 Å². The fourth-order valence-electron chi connectivity index (χ4n) is 0.942. The Kier molecular flexibility index (Phi) is 3.53. The molecule has 0 radical (unpaired) electrons. The van der Waals surface area contributed by atoms with Crippen molar-refractivity contribution in [1.29, 1.82) is 5.26 Å². The van der Waals surface area contributed by atoms with Crippen molar-refractivity contribution < 1.29 is 0 Å². The Labute approximate surface area is 78.6 Å². The lowest BCUT2D eigenvalue weighted by atomic mass is 10.2. The normalized spacial score (nSPS) is 11.5. The van der Waals surface area contributed by atoms with Gasteiger partial charge in [-0.05, 0) is 18.1 Å². The molecule has 0 atom stereocenters. The number of hydrogen-bond acceptors (Lipinski definition) is 1. The van der Waals surface area contributed by atoms with E-state index in [2.05, 4.69) is 0 Å². The first kappa shape index (κ1) is 9.28. The highest BCUT2D eigenvalue weighted by Crippen LogP contribution is 2.03. The standard InChI is InChI=1S/C12H11N/c1-11(9-10-13)7-8-12-5-3-2-4-6-12/h2-9H,1H3/b8-7+,11-9+. The van der Waals surface area contributed by atoms with E-state index in [-0.39, 0.29) is 0 Å². The first-order valence-electron chi connectivity index (χ1n) is 4.12. The van der Waals surface area contributed by atoms with Crippen molar-refractivity contribution in [2.24, 2.45) is 0 Å². The third-order valence-corrected chi connectivity index (χ3v) is 1.63. The van der Waals surface area contributed by atoms with Gasteiger partial charge in [-0.3, -0.25) is 0 Å². The number of hydrogen-bond donors (Lipinski definition) is 0. The van der Waals surface area contributed by atoms with Crippen LogP contribution in [0, 0.1) is 11.3 Å². The van der Waals surface area contributed by atoms with Gasteiger partial charge in [0.15, 0.2) is 0 Å². The molecule has 1 aromatic carbocycles. The zero-order chi connectivity index (χ0) is 9.52. The molecule has 64 valence electrons. The predicted molar refractivity (Wildman–Crippen MR) is 54.8 cm³/mol. The summed E-state index contributed by atoms with van der Waals surface area (Å²) in [5.74, 6) is 0. The fourth-order valence-corrected chi connectivity index (χ4v) is 0.942. The minimum Gasteiger partial charge on any atom is -0.193 e. The third kappa shape index (κ3) is 3.39. The molecule has 0 unspecified atom stereocenters. The minimum atomic E-state index is 0.964. The molecule has 0 aliphatic carbocycles. The molecule has 0 aliphatic heterocycles. The summed E-state index contributed by atoms with van der Waals surface area (Å²) < 4.78 is 0. The molecule has 0 bridgehead atoms. The first-order chi connectivity index (χ1) is 6.33. The van der Waals surface area contributed by atoms with E-state index in [4.69, 9.17) is 5.26 Å². The van der Waals surface area contributed by atoms with Crippen LogP contribution in [-0.4, -0.2) is 0 Å². The average Bonchev–Trinajstić information content (AvgIpc) is 2.17. The van der Waals surface area contributed by atoms with Crippen molar-refractivity contribution in [2.45, 2.75) is 6.92 Å². The van der Waals surface area contributed by atoms with Crippen LogP contribution in [-0.2, 0) is 0 Å². The van der Waals surface area contributed by atoms with Crippen LogP contribution >= 0.6 is 0 Å². The van der Waals surface area contributed by atoms with Crippen LogP contribution in [0.2, 0.25) is 0 Å². The van der Waals surface area contributed by atoms with Crippen LogP contribution in [0.15, 0.2) is 48.1 Å². The van der Waals surface area contributed by atoms with Crippen molar-refractivity contribution >= 4 is 6.08 Å². The number of benzene rings is 1. The lowest BCUT2D eigenvalue weighted by Gasteiger charge is -1.90. The molecule has 1 aromatic rings. The third-order valence-electron chi connectivity index (χ3n) is 1.63. The highest BCUT2D eigenvalue weighted by atomic mass is 14.2. The maximum absolute atomic E-state index is 8.37. The van der Waals surface area contributed by atoms with Gasteiger partial charge in [0.1, 0.15) is 0 Å². The largest absolute Gasteiger partial charge is 0.193 e. The molecule has 0 fully saturated rings. The summed E-state index contributed by atoms with van der Waals surface area (Å²) in [6, 6.07) is 12.0. The van der Waals surface area contributed by atoms with Gasteiger partial charge in [-0.1, -0.05) is 42.5 Å². The van der Waals surface area contributed by atoms with Crippen molar-refractivity contribution in [2.75, 3.05) is 0 Å². The summed E-state index contributed by atoms with van der Waals surface area (Å²) >= 11 is 0. The van der Waals surface area contributed by atoms with Gasteiger partial charge in [-0.25, -0.2) is 0 Å². The summed E-state index contributed by atoms with van der Waals surface area (Å²) in [5.41, 5.74) is 2.11. The summed E-state index contributed by atoms with van der Waals surface area (Å²) in [6.07, 6.45) is 5.45. The molecular formula is C12H11N. The van der Waals surface area contributed by atoms with E-state index in [0.29, 0.717) is 0 Å². The van der Waals surface area contributed by atoms with Crippen molar-refractivity contribution in [3.63, 3.8) is 0 Å². The summed E-state index contributed by atoms with van der Waals surface area (Å²) in [4.78, 5) is 0. The van der Waals surface area contributed by atoms with E-state index in [1.165, 1.54) is 6.08 Å². The van der Waals surface area contributed by atoms with Crippen molar-refractivity contribution in [3.8, 4) is 6.07 Å². The summed E-state index contributed by atoms with van der Waals surface area (Å²) in [7, 11) is 0. The summed E-state index contributed by atoms with van der Waals surface area (Å²) in [6.45, 7) is 1.91. The van der Waals surface area contributed by atoms with E-state index >= 15 is 0 Å². The predicted octanol–water partition coefficient (Wildman–Crippen LogP) is 3.17. The zero-order valence-electron chi connectivity index (χ0n) is 7.57. The van der Waals surface area contributed by atoms with Crippen molar-refractivity contribution in [3.05, 3.63) is 53.6 Å². The highest BCUT2D eigenvalue weighted by Gasteiger charge is 1.83. The van der Waals surface area contributed by atoms with Gasteiger partial charge in [0.25, 0.3) is 0 Å². The highest BCUT2D eigenvalue weighted by molar-refractivity contribution is 5.52. The van der Waals surface area contributed by atoms with Gasteiger partial charge < -0.3 is 0 Å². The molecule has 1 heteroatoms. The number of rotatable bonds is 2. The molecule has 0 saturated carbocycles. The molecule has 0 aliphatic rings. The molecule has 0 aromatic heterocycles. The van der Waals surface area contributed by atoms with Gasteiger partial charge in [-0.2, -0.15) is 5.26 Å². The first-order valence-corrected chi connectivity index (χ1v) is 4.12. The average molecular weight is 169 g/mol. The Morgan fingerprint density at radius 2 is 2.00 bits per heavy atom. The van der Waals surface area contributed by atoms with Gasteiger partial charge in [0.05, 0.1) is 6.07 Å². The number of allylic oxidation sites excluding steroid dienone is 3. The minimum absolute atomic E-state index is 0.964. The smallest absolute Gasteiger partial charge is 0.0914 e. The molecule has 0 saturated heterocycles. The maximum Gasteiger partial charge on any atom is 0.0914 e. The second-order valence-electron chi connectivity index (χ2n) is 2.76. The lowest BCUT2D eigenvalue weighted by Crippen LogP contribution is -1.70. The molecular weight excluding hydrogens is 158 g/mol. The molecule has 1 nitrogen and oxygen atoms in total. The molecule has 0 heterocycles. The quantitative estimate of drug-likeness (QED) is 0.492. The molecule has 1 rings (SSSR count). The van der Waals surface area contributed by atoms with Gasteiger partial charge in [0.2, 0.25) is 0 Å². The van der Waals surface area contributed by atoms with Crippen LogP contribution in [0.4, 0.5) is 0 Å². The lowest BCUT2D eigenvalue weighted by molar-refractivity contribution is 1.49. The topological polar surface area (TPSA) is 23.8 Å². The van der Waals surface area contributed by atoms with E-state index in [1.807, 2.05) is 55.5 Å². The van der Waals surface area contributed by atoms with Gasteiger partial charge >= 0.3 is 0 Å². The Morgan fingerprint density at radius 1 is 1.31 bits per heavy atom. The second kappa shape index (κ2) is 4.95. The van der Waals surface area contributed by atoms with Gasteiger partial charge in [-0.15, -0.1) is 0 Å². The fraction of sp³-hybridized carbons (Fsp3) is 0.0833. The zero-order valence-corrected chi connectivity index (χ0v) is 7.57. The molecule has 0 amide bonds. The van der Waals surface area contributed by atoms with E-state index < -0.39 is 0 Å². The molecule has 0 N–H and O–H groups in total. The van der Waals surface area contributed by atoms with Gasteiger partial charge in [0, 0.05) is 6.08 Å². The monoisotopic (exact) mass is 169 g/mol. The second-order valence-corrected chi connectivity index (χ2v) is 2.76. The van der Waals surface area contributed by atoms with E-state index in [0.717, 1.165) is 11.1 Å². The molecule has 13 heavy (non-hydrogen) atoms. The van der Waals surface area contributed by atoms with Crippen LogP contribution in [0.3, 0.4) is 0 Å². The van der Waals surface area contributed by atoms with Crippen LogP contribution in [0.1, 0.15) is 12.5 Å². The Morgan fingerprint density at radius 3 is 2.62 bits per heavy atom. The Hall–Kier alpha value is -1.81. The number of nitriles is 1. The van der Waals surface area contributed by atoms with E-state index in [9.17, 15) is 0 Å². The van der Waals surface area contributed by atoms with Crippen LogP contribution in [0.5, 0.6) is 0 Å². The van der Waals surface area contributed by atoms with E-state index in [1.54, 1.807) is 0 Å². The molecule has 0 spiro atoms. The Balaban J connectivity index is 2.71. The maximum atomic E-state index is 8.37. The Bertz CT molecular complexity index is 352. The number of nitrogens with zero attached hydrogens (tertiary/aromatic N) is 1. The SMILES string of the molecule is CC(/C=C/c1ccccc1)=C\C#N. The van der Waals surface area contributed by atoms with Crippen molar-refractivity contribution in [1.82, 2.24) is 0 Å². The van der Waals surface area contributed by atoms with Crippen LogP contribution < -0.4 is 0 Å². The summed E-state index contributed by atoms with van der Waals surface area (Å²) in [5, 5.41) is 8.37.